The van der Waals surface area contributed by atoms with Crippen molar-refractivity contribution in [2.75, 3.05) is 5.75 Å². The van der Waals surface area contributed by atoms with Crippen LogP contribution in [-0.4, -0.2) is 38.9 Å². The van der Waals surface area contributed by atoms with Crippen molar-refractivity contribution < 1.29 is 14.3 Å². The van der Waals surface area contributed by atoms with Gasteiger partial charge in [0, 0.05) is 11.9 Å². The van der Waals surface area contributed by atoms with Gasteiger partial charge >= 0.3 is 5.97 Å². The topological polar surface area (TPSA) is 85.5 Å². The number of pyridine rings is 1. The molecule has 0 radical (unpaired) electrons. The largest absolute Gasteiger partial charge is 0.448 e. The predicted molar refractivity (Wildman–Crippen MR) is 132 cm³/mol. The molecule has 1 amide bonds. The number of fused-ring (bicyclic) bond motifs is 1. The number of nitrogens with zero attached hydrogens (tertiary/aromatic N) is 2. The number of hydrogen-bond donors (Lipinski definition) is 1. The number of rotatable bonds is 6. The van der Waals surface area contributed by atoms with E-state index in [1.54, 1.807) is 18.0 Å². The second-order valence-corrected chi connectivity index (χ2v) is 9.11. The maximum atomic E-state index is 13.6. The number of β-lactam (4-membered cyclic amide) rings is 1. The molecular weight excluding hydrogens is 446 g/mol. The number of carbonyl (C=O) groups excluding carboxylic acids is 2. The first-order valence-electron chi connectivity index (χ1n) is 11.0. The van der Waals surface area contributed by atoms with Crippen molar-refractivity contribution in [1.29, 1.82) is 0 Å². The number of benzene rings is 2. The molecule has 34 heavy (non-hydrogen) atoms. The molecule has 0 bridgehead atoms. The van der Waals surface area contributed by atoms with Gasteiger partial charge in [0.25, 0.3) is 0 Å². The molecular formula is C27H23N3O3S. The highest BCUT2D eigenvalue weighted by molar-refractivity contribution is 8.00. The van der Waals surface area contributed by atoms with Crippen LogP contribution >= 0.6 is 11.8 Å². The number of amides is 1. The molecule has 2 aliphatic rings. The third kappa shape index (κ3) is 4.27. The maximum absolute atomic E-state index is 13.6. The van der Waals surface area contributed by atoms with Crippen molar-refractivity contribution in [3.8, 4) is 0 Å². The number of ether oxygens (including phenoxy) is 1. The standard InChI is InChI=1S/C27H23N3O3S/c28-22-25(31)30-23(20(17-34-26(22)30)14-15-21-13-7-8-16-29-21)27(32)33-24(18-9-3-1-4-10-18)19-11-5-2-6-12-19/h1-16,22,24,26H,17,28H2/b15-14+/t22?,26-/m1/s1. The van der Waals surface area contributed by atoms with Gasteiger partial charge in [0.05, 0.1) is 5.69 Å². The van der Waals surface area contributed by atoms with Gasteiger partial charge in [-0.2, -0.15) is 0 Å². The second-order valence-electron chi connectivity index (χ2n) is 8.00. The highest BCUT2D eigenvalue weighted by atomic mass is 32.2. The minimum atomic E-state index is -0.617. The lowest BCUT2D eigenvalue weighted by molar-refractivity contribution is -0.153. The SMILES string of the molecule is NC1C(=O)N2C(C(=O)OC(c3ccccc3)c3ccccc3)=C(/C=C/c3ccccn3)CS[C@H]12. The Morgan fingerprint density at radius 1 is 1.00 bits per heavy atom. The highest BCUT2D eigenvalue weighted by Crippen LogP contribution is 2.41. The van der Waals surface area contributed by atoms with Gasteiger partial charge in [-0.1, -0.05) is 72.8 Å². The van der Waals surface area contributed by atoms with Crippen LogP contribution in [0.2, 0.25) is 0 Å². The van der Waals surface area contributed by atoms with E-state index in [-0.39, 0.29) is 17.0 Å². The fourth-order valence-corrected chi connectivity index (χ4v) is 5.33. The van der Waals surface area contributed by atoms with Crippen LogP contribution in [0.25, 0.3) is 6.08 Å². The van der Waals surface area contributed by atoms with E-state index >= 15 is 0 Å². The number of carbonyl (C=O) groups is 2. The molecule has 1 saturated heterocycles. The summed E-state index contributed by atoms with van der Waals surface area (Å²) in [4.78, 5) is 32.1. The Morgan fingerprint density at radius 2 is 1.65 bits per heavy atom. The van der Waals surface area contributed by atoms with Crippen LogP contribution in [0.15, 0.2) is 102 Å². The average Bonchev–Trinajstić information content (AvgIpc) is 2.91. The first-order chi connectivity index (χ1) is 16.6. The molecule has 170 valence electrons. The van der Waals surface area contributed by atoms with Crippen LogP contribution in [-0.2, 0) is 14.3 Å². The number of esters is 1. The van der Waals surface area contributed by atoms with Gasteiger partial charge in [0.15, 0.2) is 6.10 Å². The number of thioether (sulfide) groups is 1. The normalized spacial score (nSPS) is 19.8. The molecule has 5 rings (SSSR count). The van der Waals surface area contributed by atoms with Crippen molar-refractivity contribution >= 4 is 29.7 Å². The van der Waals surface area contributed by atoms with Gasteiger partial charge in [-0.25, -0.2) is 4.79 Å². The lowest BCUT2D eigenvalue weighted by Gasteiger charge is -2.48. The van der Waals surface area contributed by atoms with E-state index in [0.29, 0.717) is 11.3 Å². The summed E-state index contributed by atoms with van der Waals surface area (Å²) in [7, 11) is 0. The molecule has 2 atom stereocenters. The van der Waals surface area contributed by atoms with Crippen molar-refractivity contribution in [2.45, 2.75) is 17.5 Å². The first kappa shape index (κ1) is 22.1. The number of allylic oxidation sites excluding steroid dienone is 1. The van der Waals surface area contributed by atoms with E-state index in [2.05, 4.69) is 4.98 Å². The van der Waals surface area contributed by atoms with Crippen LogP contribution in [0.3, 0.4) is 0 Å². The van der Waals surface area contributed by atoms with E-state index in [9.17, 15) is 9.59 Å². The van der Waals surface area contributed by atoms with Crippen LogP contribution in [0.4, 0.5) is 0 Å². The number of aromatic nitrogens is 1. The Labute approximate surface area is 202 Å². The van der Waals surface area contributed by atoms with Gasteiger partial charge in [-0.05, 0) is 34.9 Å². The van der Waals surface area contributed by atoms with Gasteiger partial charge in [-0.3, -0.25) is 14.7 Å². The molecule has 0 aliphatic carbocycles. The smallest absolute Gasteiger partial charge is 0.356 e. The average molecular weight is 470 g/mol. The third-order valence-corrected chi connectivity index (χ3v) is 7.13. The number of nitrogens with two attached hydrogens (primary N) is 1. The van der Waals surface area contributed by atoms with Gasteiger partial charge in [0.2, 0.25) is 5.91 Å². The van der Waals surface area contributed by atoms with E-state index in [1.165, 1.54) is 4.90 Å². The Bertz CT molecular complexity index is 1210. The molecule has 1 fully saturated rings. The fourth-order valence-electron chi connectivity index (χ4n) is 4.06. The minimum absolute atomic E-state index is 0.250. The van der Waals surface area contributed by atoms with Crippen LogP contribution < -0.4 is 5.73 Å². The Morgan fingerprint density at radius 3 is 2.26 bits per heavy atom. The number of hydrogen-bond acceptors (Lipinski definition) is 6. The van der Waals surface area contributed by atoms with Crippen molar-refractivity contribution in [3.05, 3.63) is 119 Å². The van der Waals surface area contributed by atoms with Crippen LogP contribution in [0.5, 0.6) is 0 Å². The third-order valence-electron chi connectivity index (χ3n) is 5.80. The first-order valence-corrected chi connectivity index (χ1v) is 12.0. The fraction of sp³-hybridized carbons (Fsp3) is 0.148. The van der Waals surface area contributed by atoms with Crippen molar-refractivity contribution in [2.24, 2.45) is 5.73 Å². The quantitative estimate of drug-likeness (QED) is 0.435. The van der Waals surface area contributed by atoms with Gasteiger partial charge in [0.1, 0.15) is 17.1 Å². The summed E-state index contributed by atoms with van der Waals surface area (Å²) < 4.78 is 6.09. The molecule has 2 aromatic carbocycles. The van der Waals surface area contributed by atoms with Gasteiger partial charge in [-0.15, -0.1) is 11.8 Å². The summed E-state index contributed by atoms with van der Waals surface area (Å²) >= 11 is 1.54. The molecule has 2 aliphatic heterocycles. The summed E-state index contributed by atoms with van der Waals surface area (Å²) in [6.07, 6.45) is 4.76. The summed E-state index contributed by atoms with van der Waals surface area (Å²) in [6, 6.07) is 24.1. The Hall–Kier alpha value is -3.68. The zero-order valence-electron chi connectivity index (χ0n) is 18.3. The summed E-state index contributed by atoms with van der Waals surface area (Å²) in [5, 5.41) is -0.269. The van der Waals surface area contributed by atoms with Crippen molar-refractivity contribution in [3.63, 3.8) is 0 Å². The molecule has 0 spiro atoms. The van der Waals surface area contributed by atoms with E-state index in [4.69, 9.17) is 10.5 Å². The van der Waals surface area contributed by atoms with Crippen molar-refractivity contribution in [1.82, 2.24) is 9.88 Å². The van der Waals surface area contributed by atoms with E-state index in [0.717, 1.165) is 16.8 Å². The minimum Gasteiger partial charge on any atom is -0.448 e. The highest BCUT2D eigenvalue weighted by Gasteiger charge is 2.52. The lowest BCUT2D eigenvalue weighted by Crippen LogP contribution is -2.68. The monoisotopic (exact) mass is 469 g/mol. The molecule has 3 aromatic rings. The lowest BCUT2D eigenvalue weighted by atomic mass is 10.0. The van der Waals surface area contributed by atoms with E-state index < -0.39 is 18.1 Å². The molecule has 1 unspecified atom stereocenters. The van der Waals surface area contributed by atoms with Crippen LogP contribution in [0, 0.1) is 0 Å². The summed E-state index contributed by atoms with van der Waals surface area (Å²) in [6.45, 7) is 0. The predicted octanol–water partition coefficient (Wildman–Crippen LogP) is 3.92. The molecule has 1 aromatic heterocycles. The Balaban J connectivity index is 1.51. The zero-order valence-corrected chi connectivity index (χ0v) is 19.1. The molecule has 2 N–H and O–H groups in total. The maximum Gasteiger partial charge on any atom is 0.356 e. The second kappa shape index (κ2) is 9.67. The molecule has 6 nitrogen and oxygen atoms in total. The zero-order chi connectivity index (χ0) is 23.5. The summed E-state index contributed by atoms with van der Waals surface area (Å²) in [5.41, 5.74) is 9.43. The molecule has 3 heterocycles. The summed E-state index contributed by atoms with van der Waals surface area (Å²) in [5.74, 6) is -0.287. The molecule has 0 saturated carbocycles. The van der Waals surface area contributed by atoms with Gasteiger partial charge < -0.3 is 10.5 Å². The Kier molecular flexibility index (Phi) is 6.29. The van der Waals surface area contributed by atoms with Crippen LogP contribution in [0.1, 0.15) is 22.9 Å². The molecule has 7 heteroatoms. The van der Waals surface area contributed by atoms with E-state index in [1.807, 2.05) is 91.0 Å².